The molecule has 1 aliphatic heterocycles. The van der Waals surface area contributed by atoms with Crippen LogP contribution in [0.25, 0.3) is 10.9 Å². The molecule has 2 N–H and O–H groups in total. The zero-order chi connectivity index (χ0) is 12.7. The number of fused-ring (bicyclic) bond motifs is 1. The number of aliphatic hydroxyl groups excluding tert-OH is 1. The van der Waals surface area contributed by atoms with E-state index in [1.54, 1.807) is 17.2 Å². The summed E-state index contributed by atoms with van der Waals surface area (Å²) in [7, 11) is 0. The first kappa shape index (κ1) is 11.2. The largest absolute Gasteiger partial charge is 0.389 e. The van der Waals surface area contributed by atoms with E-state index in [0.29, 0.717) is 13.1 Å². The van der Waals surface area contributed by atoms with Gasteiger partial charge in [0.1, 0.15) is 5.82 Å². The van der Waals surface area contributed by atoms with Gasteiger partial charge in [-0.05, 0) is 23.8 Å². The Labute approximate surface area is 103 Å². The zero-order valence-electron chi connectivity index (χ0n) is 9.69. The fraction of sp³-hybridized carbons (Fsp3) is 0.308. The van der Waals surface area contributed by atoms with Crippen LogP contribution < -0.4 is 0 Å². The summed E-state index contributed by atoms with van der Waals surface area (Å²) in [5.41, 5.74) is 1.61. The number of β-amino-alcohol motifs (C(OH)–C–C–N with tert-alkyl or cyclic N) is 1. The quantitative estimate of drug-likeness (QED) is 0.834. The summed E-state index contributed by atoms with van der Waals surface area (Å²) >= 11 is 0. The second-order valence-corrected chi connectivity index (χ2v) is 4.63. The molecule has 0 unspecified atom stereocenters. The third-order valence-electron chi connectivity index (χ3n) is 3.29. The highest BCUT2D eigenvalue weighted by Gasteiger charge is 2.28. The molecule has 5 heteroatoms. The minimum atomic E-state index is -0.394. The predicted octanol–water partition coefficient (Wildman–Crippen LogP) is 1.05. The van der Waals surface area contributed by atoms with Crippen molar-refractivity contribution in [1.82, 2.24) is 9.88 Å². The Kier molecular flexibility index (Phi) is 2.56. The summed E-state index contributed by atoms with van der Waals surface area (Å²) in [4.78, 5) is 16.5. The number of rotatable bonds is 2. The van der Waals surface area contributed by atoms with Crippen molar-refractivity contribution in [2.75, 3.05) is 13.1 Å². The molecule has 3 rings (SSSR count). The lowest BCUT2D eigenvalue weighted by molar-refractivity contribution is -0.140. The van der Waals surface area contributed by atoms with Crippen molar-refractivity contribution in [3.63, 3.8) is 0 Å². The molecular formula is C13H13FN2O2. The maximum absolute atomic E-state index is 13.2. The average molecular weight is 248 g/mol. The van der Waals surface area contributed by atoms with Gasteiger partial charge in [0.25, 0.3) is 0 Å². The lowest BCUT2D eigenvalue weighted by Crippen LogP contribution is -2.53. The molecule has 0 bridgehead atoms. The van der Waals surface area contributed by atoms with Gasteiger partial charge in [-0.3, -0.25) is 4.79 Å². The fourth-order valence-corrected chi connectivity index (χ4v) is 2.23. The Morgan fingerprint density at radius 2 is 2.28 bits per heavy atom. The number of nitrogens with one attached hydrogen (secondary N) is 1. The summed E-state index contributed by atoms with van der Waals surface area (Å²) in [6.07, 6.45) is 1.57. The van der Waals surface area contributed by atoms with E-state index < -0.39 is 6.10 Å². The molecule has 1 aromatic carbocycles. The SMILES string of the molecule is O=C(Cc1c[nH]c2ccc(F)cc12)N1CC(O)C1. The van der Waals surface area contributed by atoms with E-state index in [1.165, 1.54) is 12.1 Å². The first-order chi connectivity index (χ1) is 8.63. The minimum Gasteiger partial charge on any atom is -0.389 e. The fourth-order valence-electron chi connectivity index (χ4n) is 2.23. The van der Waals surface area contributed by atoms with Gasteiger partial charge in [-0.2, -0.15) is 0 Å². The van der Waals surface area contributed by atoms with E-state index in [-0.39, 0.29) is 18.1 Å². The summed E-state index contributed by atoms with van der Waals surface area (Å²) in [6.45, 7) is 0.797. The maximum Gasteiger partial charge on any atom is 0.227 e. The van der Waals surface area contributed by atoms with Crippen LogP contribution in [0.4, 0.5) is 4.39 Å². The third-order valence-corrected chi connectivity index (χ3v) is 3.29. The van der Waals surface area contributed by atoms with Gasteiger partial charge in [0.2, 0.25) is 5.91 Å². The van der Waals surface area contributed by atoms with E-state index in [9.17, 15) is 9.18 Å². The van der Waals surface area contributed by atoms with E-state index in [4.69, 9.17) is 5.11 Å². The number of amides is 1. The van der Waals surface area contributed by atoms with Crippen molar-refractivity contribution in [2.45, 2.75) is 12.5 Å². The average Bonchev–Trinajstić information content (AvgIpc) is 2.68. The van der Waals surface area contributed by atoms with Gasteiger partial charge in [-0.1, -0.05) is 0 Å². The highest BCUT2D eigenvalue weighted by molar-refractivity contribution is 5.89. The van der Waals surface area contributed by atoms with Crippen molar-refractivity contribution >= 4 is 16.8 Å². The number of aromatic nitrogens is 1. The second kappa shape index (κ2) is 4.10. The summed E-state index contributed by atoms with van der Waals surface area (Å²) in [5, 5.41) is 9.89. The van der Waals surface area contributed by atoms with Crippen molar-refractivity contribution in [2.24, 2.45) is 0 Å². The van der Waals surface area contributed by atoms with Gasteiger partial charge in [-0.25, -0.2) is 4.39 Å². The van der Waals surface area contributed by atoms with Crippen LogP contribution in [0.2, 0.25) is 0 Å². The molecule has 1 aliphatic rings. The molecule has 4 nitrogen and oxygen atoms in total. The molecule has 0 radical (unpaired) electrons. The summed E-state index contributed by atoms with van der Waals surface area (Å²) < 4.78 is 13.2. The minimum absolute atomic E-state index is 0.0366. The van der Waals surface area contributed by atoms with Crippen LogP contribution in [0.15, 0.2) is 24.4 Å². The van der Waals surface area contributed by atoms with Gasteiger partial charge in [-0.15, -0.1) is 0 Å². The van der Waals surface area contributed by atoms with Gasteiger partial charge in [0.05, 0.1) is 12.5 Å². The molecule has 0 aliphatic carbocycles. The maximum atomic E-state index is 13.2. The predicted molar refractivity (Wildman–Crippen MR) is 64.5 cm³/mol. The first-order valence-electron chi connectivity index (χ1n) is 5.85. The molecule has 0 saturated carbocycles. The van der Waals surface area contributed by atoms with Crippen molar-refractivity contribution in [3.8, 4) is 0 Å². The number of nitrogens with zero attached hydrogens (tertiary/aromatic N) is 1. The Hall–Kier alpha value is -1.88. The van der Waals surface area contributed by atoms with Crippen LogP contribution in [0, 0.1) is 5.82 Å². The molecule has 1 fully saturated rings. The molecule has 0 atom stereocenters. The second-order valence-electron chi connectivity index (χ2n) is 4.63. The summed E-state index contributed by atoms with van der Waals surface area (Å²) in [5.74, 6) is -0.347. The number of aliphatic hydroxyl groups is 1. The normalized spacial score (nSPS) is 16.0. The van der Waals surface area contributed by atoms with Crippen molar-refractivity contribution < 1.29 is 14.3 Å². The van der Waals surface area contributed by atoms with Crippen LogP contribution in [-0.2, 0) is 11.2 Å². The Morgan fingerprint density at radius 1 is 1.50 bits per heavy atom. The number of hydrogen-bond acceptors (Lipinski definition) is 2. The molecule has 94 valence electrons. The number of carbonyl (C=O) groups excluding carboxylic acids is 1. The highest BCUT2D eigenvalue weighted by Crippen LogP contribution is 2.21. The number of hydrogen-bond donors (Lipinski definition) is 2. The smallest absolute Gasteiger partial charge is 0.227 e. The highest BCUT2D eigenvalue weighted by atomic mass is 19.1. The van der Waals surface area contributed by atoms with Gasteiger partial charge in [0, 0.05) is 30.2 Å². The lowest BCUT2D eigenvalue weighted by Gasteiger charge is -2.35. The zero-order valence-corrected chi connectivity index (χ0v) is 9.69. The molecule has 1 amide bonds. The first-order valence-corrected chi connectivity index (χ1v) is 5.85. The van der Waals surface area contributed by atoms with E-state index in [1.807, 2.05) is 0 Å². The summed E-state index contributed by atoms with van der Waals surface area (Å²) in [6, 6.07) is 4.47. The molecule has 1 aromatic heterocycles. The molecule has 18 heavy (non-hydrogen) atoms. The standard InChI is InChI=1S/C13H13FN2O2/c14-9-1-2-12-11(4-9)8(5-15-12)3-13(18)16-6-10(17)7-16/h1-2,4-5,10,15,17H,3,6-7H2. The molecular weight excluding hydrogens is 235 g/mol. The topological polar surface area (TPSA) is 56.3 Å². The van der Waals surface area contributed by atoms with Crippen LogP contribution >= 0.6 is 0 Å². The molecule has 2 heterocycles. The Balaban J connectivity index is 1.82. The van der Waals surface area contributed by atoms with Gasteiger partial charge in [0.15, 0.2) is 0 Å². The van der Waals surface area contributed by atoms with E-state index in [2.05, 4.69) is 4.98 Å². The molecule has 0 spiro atoms. The van der Waals surface area contributed by atoms with Gasteiger partial charge >= 0.3 is 0 Å². The van der Waals surface area contributed by atoms with Crippen molar-refractivity contribution in [1.29, 1.82) is 0 Å². The van der Waals surface area contributed by atoms with Gasteiger partial charge < -0.3 is 15.0 Å². The number of benzene rings is 1. The number of carbonyl (C=O) groups is 1. The Bertz CT molecular complexity index is 602. The molecule has 2 aromatic rings. The number of H-pyrrole nitrogens is 1. The lowest BCUT2D eigenvalue weighted by atomic mass is 10.1. The monoisotopic (exact) mass is 248 g/mol. The van der Waals surface area contributed by atoms with Crippen molar-refractivity contribution in [3.05, 3.63) is 35.8 Å². The third kappa shape index (κ3) is 1.86. The van der Waals surface area contributed by atoms with Crippen LogP contribution in [-0.4, -0.2) is 40.1 Å². The van der Waals surface area contributed by atoms with Crippen LogP contribution in [0.5, 0.6) is 0 Å². The van der Waals surface area contributed by atoms with E-state index >= 15 is 0 Å². The number of aromatic amines is 1. The number of likely N-dealkylation sites (tertiary alicyclic amines) is 1. The van der Waals surface area contributed by atoms with Crippen LogP contribution in [0.3, 0.4) is 0 Å². The Morgan fingerprint density at radius 3 is 3.00 bits per heavy atom. The molecule has 1 saturated heterocycles. The number of halogens is 1. The van der Waals surface area contributed by atoms with E-state index in [0.717, 1.165) is 16.5 Å². The van der Waals surface area contributed by atoms with Crippen LogP contribution in [0.1, 0.15) is 5.56 Å².